The minimum absolute atomic E-state index is 0.234. The number of nitrogens with zero attached hydrogens (tertiary/aromatic N) is 1. The van der Waals surface area contributed by atoms with E-state index in [4.69, 9.17) is 9.47 Å². The van der Waals surface area contributed by atoms with Gasteiger partial charge in [-0.2, -0.15) is 0 Å². The molecule has 0 spiro atoms. The topological polar surface area (TPSA) is 60.5 Å². The zero-order chi connectivity index (χ0) is 16.9. The number of para-hydroxylation sites is 1. The van der Waals surface area contributed by atoms with Gasteiger partial charge in [0.25, 0.3) is 5.91 Å². The van der Waals surface area contributed by atoms with E-state index in [-0.39, 0.29) is 5.91 Å². The van der Waals surface area contributed by atoms with Crippen molar-refractivity contribution in [1.29, 1.82) is 0 Å². The van der Waals surface area contributed by atoms with Crippen molar-refractivity contribution in [2.45, 2.75) is 6.92 Å². The predicted molar refractivity (Wildman–Crippen MR) is 93.9 cm³/mol. The Morgan fingerprint density at radius 2 is 1.92 bits per heavy atom. The van der Waals surface area contributed by atoms with Gasteiger partial charge in [0, 0.05) is 11.6 Å². The van der Waals surface area contributed by atoms with Crippen molar-refractivity contribution in [2.75, 3.05) is 19.0 Å². The quantitative estimate of drug-likeness (QED) is 0.774. The number of hydrogen-bond acceptors (Lipinski definition) is 4. The van der Waals surface area contributed by atoms with Crippen LogP contribution in [0, 0.1) is 0 Å². The third-order valence-electron chi connectivity index (χ3n) is 3.63. The first-order chi connectivity index (χ1) is 11.7. The summed E-state index contributed by atoms with van der Waals surface area (Å²) in [5, 5.41) is 3.76. The molecule has 0 aliphatic heterocycles. The lowest BCUT2D eigenvalue weighted by atomic mass is 10.1. The van der Waals surface area contributed by atoms with Crippen molar-refractivity contribution in [2.24, 2.45) is 0 Å². The van der Waals surface area contributed by atoms with E-state index in [9.17, 15) is 4.79 Å². The van der Waals surface area contributed by atoms with Gasteiger partial charge >= 0.3 is 0 Å². The van der Waals surface area contributed by atoms with Gasteiger partial charge in [0.1, 0.15) is 17.0 Å². The van der Waals surface area contributed by atoms with Crippen LogP contribution >= 0.6 is 0 Å². The maximum absolute atomic E-state index is 12.6. The zero-order valence-electron chi connectivity index (χ0n) is 13.6. The van der Waals surface area contributed by atoms with Gasteiger partial charge in [-0.3, -0.25) is 9.78 Å². The SMILES string of the molecule is CCOc1ccc(NC(=O)c2ccccc2OC)c2cccnc12. The van der Waals surface area contributed by atoms with Crippen LogP contribution in [0.15, 0.2) is 54.7 Å². The summed E-state index contributed by atoms with van der Waals surface area (Å²) in [6, 6.07) is 14.5. The highest BCUT2D eigenvalue weighted by molar-refractivity contribution is 6.10. The molecule has 1 N–H and O–H groups in total. The summed E-state index contributed by atoms with van der Waals surface area (Å²) in [5.74, 6) is 0.994. The molecule has 1 heterocycles. The molecule has 122 valence electrons. The maximum atomic E-state index is 12.6. The van der Waals surface area contributed by atoms with E-state index in [0.29, 0.717) is 29.4 Å². The van der Waals surface area contributed by atoms with Gasteiger partial charge in [-0.25, -0.2) is 0 Å². The van der Waals surface area contributed by atoms with Gasteiger partial charge in [0.2, 0.25) is 0 Å². The number of fused-ring (bicyclic) bond motifs is 1. The van der Waals surface area contributed by atoms with Crippen LogP contribution in [0.3, 0.4) is 0 Å². The highest BCUT2D eigenvalue weighted by Crippen LogP contribution is 2.30. The summed E-state index contributed by atoms with van der Waals surface area (Å²) in [4.78, 5) is 17.0. The van der Waals surface area contributed by atoms with Crippen LogP contribution in [0.4, 0.5) is 5.69 Å². The number of rotatable bonds is 5. The summed E-state index contributed by atoms with van der Waals surface area (Å²) in [6.45, 7) is 2.48. The smallest absolute Gasteiger partial charge is 0.259 e. The first-order valence-corrected chi connectivity index (χ1v) is 7.69. The van der Waals surface area contributed by atoms with Crippen molar-refractivity contribution < 1.29 is 14.3 Å². The van der Waals surface area contributed by atoms with Gasteiger partial charge in [-0.05, 0) is 43.3 Å². The summed E-state index contributed by atoms with van der Waals surface area (Å²) >= 11 is 0. The van der Waals surface area contributed by atoms with Crippen molar-refractivity contribution >= 4 is 22.5 Å². The second-order valence-corrected chi connectivity index (χ2v) is 5.10. The number of pyridine rings is 1. The Morgan fingerprint density at radius 3 is 2.71 bits per heavy atom. The number of methoxy groups -OCH3 is 1. The molecule has 0 unspecified atom stereocenters. The molecule has 0 saturated carbocycles. The first-order valence-electron chi connectivity index (χ1n) is 7.69. The molecule has 0 radical (unpaired) electrons. The number of amides is 1. The summed E-state index contributed by atoms with van der Waals surface area (Å²) < 4.78 is 10.9. The third-order valence-corrected chi connectivity index (χ3v) is 3.63. The molecule has 24 heavy (non-hydrogen) atoms. The Morgan fingerprint density at radius 1 is 1.08 bits per heavy atom. The van der Waals surface area contributed by atoms with Crippen LogP contribution in [0.1, 0.15) is 17.3 Å². The van der Waals surface area contributed by atoms with Crippen LogP contribution < -0.4 is 14.8 Å². The maximum Gasteiger partial charge on any atom is 0.259 e. The van der Waals surface area contributed by atoms with Gasteiger partial charge in [-0.1, -0.05) is 12.1 Å². The van der Waals surface area contributed by atoms with E-state index in [1.807, 2.05) is 37.3 Å². The first kappa shape index (κ1) is 15.8. The van der Waals surface area contributed by atoms with Crippen molar-refractivity contribution in [3.8, 4) is 11.5 Å². The summed E-state index contributed by atoms with van der Waals surface area (Å²) in [7, 11) is 1.54. The molecule has 2 aromatic carbocycles. The fourth-order valence-electron chi connectivity index (χ4n) is 2.55. The molecular weight excluding hydrogens is 304 g/mol. The molecule has 3 rings (SSSR count). The molecule has 0 fully saturated rings. The van der Waals surface area contributed by atoms with Crippen molar-refractivity contribution in [1.82, 2.24) is 4.98 Å². The number of nitrogens with one attached hydrogen (secondary N) is 1. The minimum Gasteiger partial charge on any atom is -0.496 e. The molecule has 1 amide bonds. The third kappa shape index (κ3) is 3.01. The molecule has 3 aromatic rings. The molecule has 5 heteroatoms. The lowest BCUT2D eigenvalue weighted by Gasteiger charge is -2.13. The molecule has 5 nitrogen and oxygen atoms in total. The van der Waals surface area contributed by atoms with Gasteiger partial charge in [-0.15, -0.1) is 0 Å². The molecule has 0 saturated heterocycles. The number of hydrogen-bond donors (Lipinski definition) is 1. The van der Waals surface area contributed by atoms with Crippen LogP contribution in [0.2, 0.25) is 0 Å². The van der Waals surface area contributed by atoms with E-state index in [1.54, 1.807) is 31.5 Å². The van der Waals surface area contributed by atoms with Crippen LogP contribution in [0.25, 0.3) is 10.9 Å². The van der Waals surface area contributed by atoms with Crippen LogP contribution in [0.5, 0.6) is 11.5 Å². The second kappa shape index (κ2) is 7.00. The van der Waals surface area contributed by atoms with Gasteiger partial charge < -0.3 is 14.8 Å². The van der Waals surface area contributed by atoms with Crippen LogP contribution in [-0.4, -0.2) is 24.6 Å². The normalized spacial score (nSPS) is 10.4. The molecule has 0 atom stereocenters. The number of ether oxygens (including phenoxy) is 2. The largest absolute Gasteiger partial charge is 0.496 e. The Hall–Kier alpha value is -3.08. The summed E-state index contributed by atoms with van der Waals surface area (Å²) in [6.07, 6.45) is 1.71. The van der Waals surface area contributed by atoms with Gasteiger partial charge in [0.15, 0.2) is 0 Å². The highest BCUT2D eigenvalue weighted by Gasteiger charge is 2.14. The Bertz CT molecular complexity index is 877. The van der Waals surface area contributed by atoms with E-state index in [0.717, 1.165) is 10.9 Å². The Kier molecular flexibility index (Phi) is 4.61. The Labute approximate surface area is 140 Å². The lowest BCUT2D eigenvalue weighted by molar-refractivity contribution is 0.102. The number of carbonyl (C=O) groups is 1. The van der Waals surface area contributed by atoms with Crippen molar-refractivity contribution in [3.63, 3.8) is 0 Å². The molecular formula is C19H18N2O3. The van der Waals surface area contributed by atoms with Crippen LogP contribution in [-0.2, 0) is 0 Å². The fourth-order valence-corrected chi connectivity index (χ4v) is 2.55. The van der Waals surface area contributed by atoms with E-state index < -0.39 is 0 Å². The summed E-state index contributed by atoms with van der Waals surface area (Å²) in [5.41, 5.74) is 1.88. The standard InChI is InChI=1S/C19H18N2O3/c1-3-24-17-11-10-15(13-8-6-12-20-18(13)17)21-19(22)14-7-4-5-9-16(14)23-2/h4-12H,3H2,1-2H3,(H,21,22). The minimum atomic E-state index is -0.234. The number of anilines is 1. The predicted octanol–water partition coefficient (Wildman–Crippen LogP) is 3.89. The van der Waals surface area contributed by atoms with Crippen molar-refractivity contribution in [3.05, 3.63) is 60.3 Å². The number of carbonyl (C=O) groups excluding carboxylic acids is 1. The molecule has 0 bridgehead atoms. The van der Waals surface area contributed by atoms with E-state index in [2.05, 4.69) is 10.3 Å². The van der Waals surface area contributed by atoms with E-state index >= 15 is 0 Å². The zero-order valence-corrected chi connectivity index (χ0v) is 13.6. The van der Waals surface area contributed by atoms with Gasteiger partial charge in [0.05, 0.1) is 25.0 Å². The molecule has 0 aliphatic carbocycles. The average Bonchev–Trinajstić information content (AvgIpc) is 2.63. The lowest BCUT2D eigenvalue weighted by Crippen LogP contribution is -2.13. The Balaban J connectivity index is 1.99. The number of benzene rings is 2. The average molecular weight is 322 g/mol. The second-order valence-electron chi connectivity index (χ2n) is 5.10. The fraction of sp³-hybridized carbons (Fsp3) is 0.158. The van der Waals surface area contributed by atoms with E-state index in [1.165, 1.54) is 0 Å². The monoisotopic (exact) mass is 322 g/mol. The number of aromatic nitrogens is 1. The molecule has 0 aliphatic rings. The molecule has 1 aromatic heterocycles. The highest BCUT2D eigenvalue weighted by atomic mass is 16.5.